The van der Waals surface area contributed by atoms with Crippen molar-refractivity contribution in [3.8, 4) is 0 Å². The number of nitrogens with zero attached hydrogens (tertiary/aromatic N) is 1. The molecule has 0 radical (unpaired) electrons. The molecule has 0 aromatic rings. The maximum Gasteiger partial charge on any atom is 0.0313 e. The second-order valence-corrected chi connectivity index (χ2v) is 3.76. The van der Waals surface area contributed by atoms with Crippen LogP contribution in [0.5, 0.6) is 0 Å². The van der Waals surface area contributed by atoms with Gasteiger partial charge in [-0.05, 0) is 7.05 Å². The average molecular weight is 169 g/mol. The van der Waals surface area contributed by atoms with E-state index in [2.05, 4.69) is 5.32 Å². The van der Waals surface area contributed by atoms with E-state index in [0.717, 1.165) is 0 Å². The predicted molar refractivity (Wildman–Crippen MR) is 43.6 cm³/mol. The van der Waals surface area contributed by atoms with E-state index in [-0.39, 0.29) is 0 Å². The zero-order valence-electron chi connectivity index (χ0n) is 6.24. The molecule has 0 aromatic carbocycles. The second-order valence-electron chi connectivity index (χ2n) is 2.02. The summed E-state index contributed by atoms with van der Waals surface area (Å²) in [5.74, 6) is 0. The Bertz CT molecular complexity index is 95.0. The highest BCUT2D eigenvalue weighted by atomic mass is 32.3. The lowest BCUT2D eigenvalue weighted by atomic mass is 10.6. The van der Waals surface area contributed by atoms with Gasteiger partial charge in [-0.15, -0.1) is 0 Å². The van der Waals surface area contributed by atoms with E-state index in [4.69, 9.17) is 14.2 Å². The van der Waals surface area contributed by atoms with Crippen molar-refractivity contribution in [1.29, 1.82) is 0 Å². The predicted octanol–water partition coefficient (Wildman–Crippen LogP) is -0.323. The third-order valence-electron chi connectivity index (χ3n) is 1.14. The second kappa shape index (κ2) is 4.12. The average Bonchev–Trinajstić information content (AvgIpc) is 1.80. The first kappa shape index (κ1) is 10.2. The van der Waals surface area contributed by atoms with Gasteiger partial charge in [-0.3, -0.25) is 9.11 Å². The van der Waals surface area contributed by atoms with E-state index >= 15 is 0 Å². The quantitative estimate of drug-likeness (QED) is 0.463. The molecule has 0 aromatic heterocycles. The summed E-state index contributed by atoms with van der Waals surface area (Å²) >= 11 is 0. The maximum absolute atomic E-state index is 8.83. The summed E-state index contributed by atoms with van der Waals surface area (Å²) < 4.78 is 19.0. The smallest absolute Gasteiger partial charge is 0.0313 e. The molecule has 0 amide bonds. The Hall–Kier alpha value is 0.150. The number of rotatable bonds is 4. The van der Waals surface area contributed by atoms with E-state index in [9.17, 15) is 0 Å². The molecule has 0 aliphatic carbocycles. The van der Waals surface area contributed by atoms with Crippen molar-refractivity contribution >= 4 is 11.0 Å². The summed E-state index contributed by atoms with van der Waals surface area (Å²) in [5.41, 5.74) is 0. The third kappa shape index (κ3) is 4.04. The zero-order chi connectivity index (χ0) is 8.20. The Labute approximate surface area is 62.8 Å². The molecule has 0 aliphatic rings. The number of nitrogens with one attached hydrogen (secondary N) is 1. The molecular formula is C4H15N3O2S. The van der Waals surface area contributed by atoms with Gasteiger partial charge in [0.1, 0.15) is 0 Å². The molecule has 10 heavy (non-hydrogen) atoms. The molecule has 5 N–H and O–H groups in total. The summed E-state index contributed by atoms with van der Waals surface area (Å²) in [4.78, 5) is 0. The highest BCUT2D eigenvalue weighted by Crippen LogP contribution is 2.30. The van der Waals surface area contributed by atoms with Crippen LogP contribution in [0, 0.1) is 0 Å². The van der Waals surface area contributed by atoms with E-state index in [1.807, 2.05) is 0 Å². The van der Waals surface area contributed by atoms with Crippen LogP contribution in [-0.2, 0) is 0 Å². The third-order valence-corrected chi connectivity index (χ3v) is 2.24. The molecule has 0 atom stereocenters. The highest BCUT2D eigenvalue weighted by Gasteiger charge is 2.10. The molecule has 6 heteroatoms. The van der Waals surface area contributed by atoms with Crippen LogP contribution in [0.25, 0.3) is 0 Å². The molecule has 0 spiro atoms. The maximum atomic E-state index is 8.83. The summed E-state index contributed by atoms with van der Waals surface area (Å²) in [6.07, 6.45) is 0. The number of hydrogen-bond donors (Lipinski definition) is 4. The van der Waals surface area contributed by atoms with Gasteiger partial charge in [-0.1, -0.05) is 11.0 Å². The van der Waals surface area contributed by atoms with E-state index in [1.54, 1.807) is 14.1 Å². The Kier molecular flexibility index (Phi) is 4.18. The monoisotopic (exact) mass is 169 g/mol. The van der Waals surface area contributed by atoms with Crippen LogP contribution in [0.15, 0.2) is 0 Å². The van der Waals surface area contributed by atoms with Crippen molar-refractivity contribution in [1.82, 2.24) is 9.62 Å². The fourth-order valence-electron chi connectivity index (χ4n) is 0.404. The van der Waals surface area contributed by atoms with Gasteiger partial charge in [0.25, 0.3) is 0 Å². The van der Waals surface area contributed by atoms with Gasteiger partial charge >= 0.3 is 0 Å². The van der Waals surface area contributed by atoms with Crippen LogP contribution in [0.1, 0.15) is 0 Å². The van der Waals surface area contributed by atoms with Gasteiger partial charge in [0, 0.05) is 20.1 Å². The first-order valence-electron chi connectivity index (χ1n) is 2.90. The molecule has 0 fully saturated rings. The number of nitrogens with two attached hydrogens (primary N) is 1. The Morgan fingerprint density at radius 2 is 2.10 bits per heavy atom. The van der Waals surface area contributed by atoms with Crippen LogP contribution in [0.2, 0.25) is 0 Å². The molecule has 0 saturated heterocycles. The van der Waals surface area contributed by atoms with E-state index in [1.165, 1.54) is 4.31 Å². The van der Waals surface area contributed by atoms with Crippen molar-refractivity contribution < 1.29 is 9.11 Å². The van der Waals surface area contributed by atoms with Crippen LogP contribution in [0.3, 0.4) is 0 Å². The van der Waals surface area contributed by atoms with Crippen molar-refractivity contribution in [2.24, 2.45) is 5.14 Å². The molecule has 0 rings (SSSR count). The molecule has 0 bridgehead atoms. The lowest BCUT2D eigenvalue weighted by molar-refractivity contribution is 0.384. The van der Waals surface area contributed by atoms with Crippen molar-refractivity contribution in [3.63, 3.8) is 0 Å². The fraction of sp³-hybridized carbons (Fsp3) is 1.00. The SMILES string of the molecule is CNCCN(C)S(N)(O)O. The minimum absolute atomic E-state index is 0.523. The zero-order valence-corrected chi connectivity index (χ0v) is 7.06. The largest absolute Gasteiger partial charge is 0.318 e. The van der Waals surface area contributed by atoms with Gasteiger partial charge in [-0.25, -0.2) is 5.14 Å². The minimum atomic E-state index is -2.98. The summed E-state index contributed by atoms with van der Waals surface area (Å²) in [5, 5.41) is 7.88. The standard InChI is InChI=1S/C4H15N3O2S/c1-6-3-4-7(2)10(5,8)9/h6,8-9H,3-5H2,1-2H3. The van der Waals surface area contributed by atoms with Crippen LogP contribution in [0.4, 0.5) is 0 Å². The lowest BCUT2D eigenvalue weighted by Gasteiger charge is -2.35. The van der Waals surface area contributed by atoms with Crippen LogP contribution in [-0.4, -0.2) is 40.6 Å². The molecular weight excluding hydrogens is 154 g/mol. The van der Waals surface area contributed by atoms with E-state index < -0.39 is 11.0 Å². The van der Waals surface area contributed by atoms with Crippen molar-refractivity contribution in [2.45, 2.75) is 0 Å². The molecule has 0 unspecified atom stereocenters. The van der Waals surface area contributed by atoms with Gasteiger partial charge in [-0.2, -0.15) is 4.31 Å². The molecule has 5 nitrogen and oxygen atoms in total. The summed E-state index contributed by atoms with van der Waals surface area (Å²) in [7, 11) is 0.368. The van der Waals surface area contributed by atoms with Crippen molar-refractivity contribution in [2.75, 3.05) is 27.2 Å². The van der Waals surface area contributed by atoms with Gasteiger partial charge in [0.05, 0.1) is 0 Å². The topological polar surface area (TPSA) is 81.8 Å². The first-order chi connectivity index (χ1) is 4.48. The summed E-state index contributed by atoms with van der Waals surface area (Å²) in [6.45, 7) is 1.21. The van der Waals surface area contributed by atoms with Crippen LogP contribution < -0.4 is 10.5 Å². The molecule has 64 valence electrons. The minimum Gasteiger partial charge on any atom is -0.318 e. The van der Waals surface area contributed by atoms with Gasteiger partial charge < -0.3 is 5.32 Å². The van der Waals surface area contributed by atoms with E-state index in [0.29, 0.717) is 13.1 Å². The number of likely N-dealkylation sites (N-methyl/N-ethyl adjacent to an activating group) is 2. The van der Waals surface area contributed by atoms with Crippen molar-refractivity contribution in [3.05, 3.63) is 0 Å². The highest BCUT2D eigenvalue weighted by molar-refractivity contribution is 8.20. The molecule has 0 heterocycles. The molecule has 0 aliphatic heterocycles. The Morgan fingerprint density at radius 3 is 2.40 bits per heavy atom. The van der Waals surface area contributed by atoms with Gasteiger partial charge in [0.2, 0.25) is 0 Å². The van der Waals surface area contributed by atoms with Crippen LogP contribution >= 0.6 is 11.0 Å². The Morgan fingerprint density at radius 1 is 1.60 bits per heavy atom. The molecule has 0 saturated carbocycles. The Balaban J connectivity index is 3.52. The van der Waals surface area contributed by atoms with Gasteiger partial charge in [0.15, 0.2) is 0 Å². The fourth-order valence-corrected chi connectivity index (χ4v) is 0.764. The summed E-state index contributed by atoms with van der Waals surface area (Å²) in [6, 6.07) is 0. The number of hydrogen-bond acceptors (Lipinski definition) is 5. The normalized spacial score (nSPS) is 14.2. The first-order valence-corrected chi connectivity index (χ1v) is 4.47. The lowest BCUT2D eigenvalue weighted by Crippen LogP contribution is -2.33.